The van der Waals surface area contributed by atoms with E-state index in [4.69, 9.17) is 14.2 Å². The number of rotatable bonds is 7. The molecule has 1 aromatic carbocycles. The average Bonchev–Trinajstić information content (AvgIpc) is 3.02. The first kappa shape index (κ1) is 18.9. The van der Waals surface area contributed by atoms with Gasteiger partial charge >= 0.3 is 5.97 Å². The minimum absolute atomic E-state index is 0.0539. The van der Waals surface area contributed by atoms with E-state index in [9.17, 15) is 14.7 Å². The standard InChI is InChI=1S/C18H25NO6/c1-18(17(21)22)9-10-19(11-18)14(20)8-6-12-5-7-13(23-2)16(25-4)15(12)24-3/h5,7H,6,8-11H2,1-4H3,(H,21,22). The van der Waals surface area contributed by atoms with Crippen LogP contribution in [0.15, 0.2) is 12.1 Å². The molecule has 1 aliphatic heterocycles. The number of aryl methyl sites for hydroxylation is 1. The van der Waals surface area contributed by atoms with Crippen molar-refractivity contribution in [1.29, 1.82) is 0 Å². The zero-order chi connectivity index (χ0) is 18.6. The fourth-order valence-electron chi connectivity index (χ4n) is 3.11. The summed E-state index contributed by atoms with van der Waals surface area (Å²) in [7, 11) is 4.63. The number of hydrogen-bond acceptors (Lipinski definition) is 5. The molecular weight excluding hydrogens is 326 g/mol. The summed E-state index contributed by atoms with van der Waals surface area (Å²) < 4.78 is 16.0. The molecule has 0 saturated carbocycles. The molecular formula is C18H25NO6. The van der Waals surface area contributed by atoms with Gasteiger partial charge in [-0.3, -0.25) is 9.59 Å². The molecule has 1 fully saturated rings. The smallest absolute Gasteiger partial charge is 0.311 e. The average molecular weight is 351 g/mol. The van der Waals surface area contributed by atoms with Crippen molar-refractivity contribution in [2.24, 2.45) is 5.41 Å². The van der Waals surface area contributed by atoms with Gasteiger partial charge in [0.2, 0.25) is 11.7 Å². The number of carboxylic acid groups (broad SMARTS) is 1. The van der Waals surface area contributed by atoms with Crippen LogP contribution < -0.4 is 14.2 Å². The topological polar surface area (TPSA) is 85.3 Å². The number of carbonyl (C=O) groups excluding carboxylic acids is 1. The lowest BCUT2D eigenvalue weighted by Gasteiger charge is -2.20. The number of methoxy groups -OCH3 is 3. The van der Waals surface area contributed by atoms with Crippen molar-refractivity contribution in [3.63, 3.8) is 0 Å². The van der Waals surface area contributed by atoms with Crippen LogP contribution >= 0.6 is 0 Å². The number of amides is 1. The Morgan fingerprint density at radius 3 is 2.36 bits per heavy atom. The largest absolute Gasteiger partial charge is 0.493 e. The number of carboxylic acids is 1. The van der Waals surface area contributed by atoms with Crippen molar-refractivity contribution < 1.29 is 28.9 Å². The zero-order valence-corrected chi connectivity index (χ0v) is 15.1. The summed E-state index contributed by atoms with van der Waals surface area (Å²) in [4.78, 5) is 25.4. The second kappa shape index (κ2) is 7.63. The van der Waals surface area contributed by atoms with E-state index in [0.29, 0.717) is 36.6 Å². The summed E-state index contributed by atoms with van der Waals surface area (Å²) in [5.74, 6) is 0.693. The first-order chi connectivity index (χ1) is 11.9. The van der Waals surface area contributed by atoms with E-state index in [-0.39, 0.29) is 18.9 Å². The van der Waals surface area contributed by atoms with Crippen LogP contribution in [0.3, 0.4) is 0 Å². The molecule has 0 bridgehead atoms. The third kappa shape index (κ3) is 3.81. The molecule has 1 atom stereocenters. The van der Waals surface area contributed by atoms with E-state index >= 15 is 0 Å². The third-order valence-corrected chi connectivity index (χ3v) is 4.74. The second-order valence-corrected chi connectivity index (χ2v) is 6.42. The summed E-state index contributed by atoms with van der Waals surface area (Å²) in [5, 5.41) is 9.28. The van der Waals surface area contributed by atoms with Gasteiger partial charge in [0.25, 0.3) is 0 Å². The first-order valence-corrected chi connectivity index (χ1v) is 8.15. The Balaban J connectivity index is 2.07. The van der Waals surface area contributed by atoms with Gasteiger partial charge in [-0.05, 0) is 31.4 Å². The highest BCUT2D eigenvalue weighted by atomic mass is 16.5. The van der Waals surface area contributed by atoms with Gasteiger partial charge in [-0.15, -0.1) is 0 Å². The van der Waals surface area contributed by atoms with Crippen LogP contribution in [0.4, 0.5) is 0 Å². The summed E-state index contributed by atoms with van der Waals surface area (Å²) in [5.41, 5.74) is -0.00913. The highest BCUT2D eigenvalue weighted by molar-refractivity contribution is 5.80. The van der Waals surface area contributed by atoms with Gasteiger partial charge in [-0.2, -0.15) is 0 Å². The summed E-state index contributed by atoms with van der Waals surface area (Å²) >= 11 is 0. The monoisotopic (exact) mass is 351 g/mol. The van der Waals surface area contributed by atoms with E-state index < -0.39 is 11.4 Å². The predicted molar refractivity (Wildman–Crippen MR) is 91.4 cm³/mol. The molecule has 138 valence electrons. The maximum atomic E-state index is 12.4. The molecule has 0 spiro atoms. The summed E-state index contributed by atoms with van der Waals surface area (Å²) in [6.45, 7) is 2.41. The first-order valence-electron chi connectivity index (χ1n) is 8.15. The highest BCUT2D eigenvalue weighted by Crippen LogP contribution is 2.40. The van der Waals surface area contributed by atoms with Crippen LogP contribution in [0.2, 0.25) is 0 Å². The molecule has 1 saturated heterocycles. The Labute approximate surface area is 147 Å². The van der Waals surface area contributed by atoms with E-state index in [0.717, 1.165) is 5.56 Å². The number of likely N-dealkylation sites (tertiary alicyclic amines) is 1. The number of nitrogens with zero attached hydrogens (tertiary/aromatic N) is 1. The lowest BCUT2D eigenvalue weighted by atomic mass is 9.90. The molecule has 1 unspecified atom stereocenters. The van der Waals surface area contributed by atoms with E-state index in [1.54, 1.807) is 32.1 Å². The Morgan fingerprint density at radius 1 is 1.16 bits per heavy atom. The lowest BCUT2D eigenvalue weighted by molar-refractivity contribution is -0.147. The van der Waals surface area contributed by atoms with Gasteiger partial charge in [0, 0.05) is 19.5 Å². The lowest BCUT2D eigenvalue weighted by Crippen LogP contribution is -2.34. The Kier molecular flexibility index (Phi) is 5.77. The molecule has 1 heterocycles. The molecule has 1 amide bonds. The molecule has 7 heteroatoms. The molecule has 0 aromatic heterocycles. The van der Waals surface area contributed by atoms with E-state index in [1.165, 1.54) is 7.11 Å². The molecule has 2 rings (SSSR count). The zero-order valence-electron chi connectivity index (χ0n) is 15.1. The van der Waals surface area contributed by atoms with Gasteiger partial charge in [0.15, 0.2) is 11.5 Å². The molecule has 1 N–H and O–H groups in total. The maximum Gasteiger partial charge on any atom is 0.311 e. The number of hydrogen-bond donors (Lipinski definition) is 1. The van der Waals surface area contributed by atoms with Crippen LogP contribution in [0.25, 0.3) is 0 Å². The third-order valence-electron chi connectivity index (χ3n) is 4.74. The normalized spacial score (nSPS) is 19.6. The van der Waals surface area contributed by atoms with Gasteiger partial charge in [-0.25, -0.2) is 0 Å². The van der Waals surface area contributed by atoms with E-state index in [1.807, 2.05) is 6.07 Å². The SMILES string of the molecule is COc1ccc(CCC(=O)N2CCC(C)(C(=O)O)C2)c(OC)c1OC. The van der Waals surface area contributed by atoms with Crippen molar-refractivity contribution in [3.05, 3.63) is 17.7 Å². The molecule has 7 nitrogen and oxygen atoms in total. The number of aliphatic carboxylic acids is 1. The highest BCUT2D eigenvalue weighted by Gasteiger charge is 2.41. The Hall–Kier alpha value is -2.44. The molecule has 0 aliphatic carbocycles. The summed E-state index contributed by atoms with van der Waals surface area (Å²) in [6, 6.07) is 3.62. The Bertz CT molecular complexity index is 659. The summed E-state index contributed by atoms with van der Waals surface area (Å²) in [6.07, 6.45) is 1.23. The number of carbonyl (C=O) groups is 2. The van der Waals surface area contributed by atoms with E-state index in [2.05, 4.69) is 0 Å². The van der Waals surface area contributed by atoms with Gasteiger partial charge in [0.05, 0.1) is 26.7 Å². The van der Waals surface area contributed by atoms with Gasteiger partial charge in [0.1, 0.15) is 0 Å². The van der Waals surface area contributed by atoms with Crippen LogP contribution in [-0.2, 0) is 16.0 Å². The predicted octanol–water partition coefficient (Wildman–Crippen LogP) is 1.97. The fraction of sp³-hybridized carbons (Fsp3) is 0.556. The molecule has 25 heavy (non-hydrogen) atoms. The number of benzene rings is 1. The molecule has 0 radical (unpaired) electrons. The molecule has 1 aromatic rings. The Morgan fingerprint density at radius 2 is 1.84 bits per heavy atom. The van der Waals surface area contributed by atoms with Crippen molar-refractivity contribution in [2.45, 2.75) is 26.2 Å². The minimum Gasteiger partial charge on any atom is -0.493 e. The van der Waals surface area contributed by atoms with Crippen molar-refractivity contribution in [1.82, 2.24) is 4.90 Å². The fourth-order valence-corrected chi connectivity index (χ4v) is 3.11. The van der Waals surface area contributed by atoms with Gasteiger partial charge in [-0.1, -0.05) is 6.07 Å². The van der Waals surface area contributed by atoms with Crippen LogP contribution in [0.1, 0.15) is 25.3 Å². The second-order valence-electron chi connectivity index (χ2n) is 6.42. The van der Waals surface area contributed by atoms with Crippen molar-refractivity contribution >= 4 is 11.9 Å². The number of ether oxygens (including phenoxy) is 3. The van der Waals surface area contributed by atoms with Crippen LogP contribution in [0.5, 0.6) is 17.2 Å². The van der Waals surface area contributed by atoms with Crippen LogP contribution in [-0.4, -0.2) is 56.3 Å². The van der Waals surface area contributed by atoms with Crippen molar-refractivity contribution in [3.8, 4) is 17.2 Å². The molecule has 1 aliphatic rings. The maximum absolute atomic E-state index is 12.4. The van der Waals surface area contributed by atoms with Crippen LogP contribution in [0, 0.1) is 5.41 Å². The minimum atomic E-state index is -0.857. The van der Waals surface area contributed by atoms with Crippen molar-refractivity contribution in [2.75, 3.05) is 34.4 Å². The van der Waals surface area contributed by atoms with Gasteiger partial charge < -0.3 is 24.2 Å². The quantitative estimate of drug-likeness (QED) is 0.808.